The van der Waals surface area contributed by atoms with Crippen LogP contribution in [0.2, 0.25) is 0 Å². The minimum Gasteiger partial charge on any atom is -0.456 e. The summed E-state index contributed by atoms with van der Waals surface area (Å²) in [5.74, 6) is 0.709. The third kappa shape index (κ3) is 4.01. The Hall–Kier alpha value is -3.93. The van der Waals surface area contributed by atoms with Crippen molar-refractivity contribution in [3.8, 4) is 11.5 Å². The summed E-state index contributed by atoms with van der Waals surface area (Å²) < 4.78 is 11.4. The quantitative estimate of drug-likeness (QED) is 0.506. The Morgan fingerprint density at radius 2 is 1.62 bits per heavy atom. The minimum atomic E-state index is -0.746. The number of fused-ring (bicyclic) bond motifs is 1. The van der Waals surface area contributed by atoms with Gasteiger partial charge in [-0.1, -0.05) is 42.5 Å². The summed E-state index contributed by atoms with van der Waals surface area (Å²) in [6, 6.07) is 23.0. The van der Waals surface area contributed by atoms with Crippen molar-refractivity contribution >= 4 is 16.9 Å². The number of H-pyrrole nitrogens is 1. The van der Waals surface area contributed by atoms with E-state index >= 15 is 0 Å². The lowest BCUT2D eigenvalue weighted by molar-refractivity contribution is 0.0317. The third-order valence-corrected chi connectivity index (χ3v) is 4.38. The van der Waals surface area contributed by atoms with Gasteiger partial charge in [-0.2, -0.15) is 0 Å². The van der Waals surface area contributed by atoms with Gasteiger partial charge in [-0.25, -0.2) is 9.78 Å². The van der Waals surface area contributed by atoms with E-state index in [1.165, 1.54) is 0 Å². The molecular weight excluding hydrogens is 368 g/mol. The molecule has 6 heteroatoms. The number of hydrogen-bond donors (Lipinski definition) is 1. The largest absolute Gasteiger partial charge is 0.456 e. The molecule has 0 spiro atoms. The number of esters is 1. The average Bonchev–Trinajstić information content (AvgIpc) is 2.75. The summed E-state index contributed by atoms with van der Waals surface area (Å²) >= 11 is 0. The van der Waals surface area contributed by atoms with Crippen molar-refractivity contribution in [2.75, 3.05) is 0 Å². The second-order valence-corrected chi connectivity index (χ2v) is 6.43. The highest BCUT2D eigenvalue weighted by Crippen LogP contribution is 2.27. The second-order valence-electron chi connectivity index (χ2n) is 6.43. The van der Waals surface area contributed by atoms with E-state index in [4.69, 9.17) is 9.47 Å². The molecule has 6 nitrogen and oxygen atoms in total. The minimum absolute atomic E-state index is 0.277. The zero-order chi connectivity index (χ0) is 20.2. The Morgan fingerprint density at radius 1 is 0.931 bits per heavy atom. The normalized spacial score (nSPS) is 11.8. The number of ether oxygens (including phenoxy) is 2. The predicted octanol–water partition coefficient (Wildman–Crippen LogP) is 4.63. The molecule has 1 atom stereocenters. The number of carbonyl (C=O) groups excluding carboxylic acids is 1. The summed E-state index contributed by atoms with van der Waals surface area (Å²) in [5, 5.41) is 0.483. The molecule has 0 aliphatic carbocycles. The van der Waals surface area contributed by atoms with Crippen LogP contribution in [0.4, 0.5) is 0 Å². The van der Waals surface area contributed by atoms with E-state index < -0.39 is 12.1 Å². The fourth-order valence-electron chi connectivity index (χ4n) is 2.92. The number of benzene rings is 3. The molecule has 0 fully saturated rings. The number of nitrogens with one attached hydrogen (secondary N) is 1. The predicted molar refractivity (Wildman–Crippen MR) is 109 cm³/mol. The van der Waals surface area contributed by atoms with Gasteiger partial charge in [0.25, 0.3) is 5.56 Å². The van der Waals surface area contributed by atoms with Crippen LogP contribution in [-0.4, -0.2) is 15.9 Å². The van der Waals surface area contributed by atoms with Crippen LogP contribution in [0, 0.1) is 0 Å². The SMILES string of the molecule is C[C@@H](OC(=O)c1ccccc1Oc1ccccc1)c1nc2ccccc2c(=O)[nH]1. The van der Waals surface area contributed by atoms with Crippen LogP contribution in [0.25, 0.3) is 10.9 Å². The Labute approximate surface area is 166 Å². The van der Waals surface area contributed by atoms with E-state index in [1.54, 1.807) is 67.6 Å². The smallest absolute Gasteiger partial charge is 0.342 e. The highest BCUT2D eigenvalue weighted by Gasteiger charge is 2.20. The molecule has 0 bridgehead atoms. The van der Waals surface area contributed by atoms with E-state index in [0.29, 0.717) is 22.4 Å². The van der Waals surface area contributed by atoms with Gasteiger partial charge in [-0.05, 0) is 43.3 Å². The lowest BCUT2D eigenvalue weighted by Gasteiger charge is -2.15. The van der Waals surface area contributed by atoms with Crippen molar-refractivity contribution in [1.29, 1.82) is 0 Å². The number of rotatable bonds is 5. The first-order valence-corrected chi connectivity index (χ1v) is 9.13. The van der Waals surface area contributed by atoms with E-state index in [1.807, 2.05) is 18.2 Å². The lowest BCUT2D eigenvalue weighted by atomic mass is 10.2. The fourth-order valence-corrected chi connectivity index (χ4v) is 2.92. The third-order valence-electron chi connectivity index (χ3n) is 4.38. The van der Waals surface area contributed by atoms with Crippen molar-refractivity contribution < 1.29 is 14.3 Å². The van der Waals surface area contributed by atoms with Crippen LogP contribution in [0.1, 0.15) is 29.2 Å². The van der Waals surface area contributed by atoms with Gasteiger partial charge in [-0.15, -0.1) is 0 Å². The maximum absolute atomic E-state index is 12.8. The monoisotopic (exact) mass is 386 g/mol. The molecule has 0 saturated heterocycles. The van der Waals surface area contributed by atoms with Crippen molar-refractivity contribution in [1.82, 2.24) is 9.97 Å². The van der Waals surface area contributed by atoms with Gasteiger partial charge in [0.2, 0.25) is 0 Å². The first kappa shape index (κ1) is 18.4. The van der Waals surface area contributed by atoms with Crippen LogP contribution >= 0.6 is 0 Å². The zero-order valence-corrected chi connectivity index (χ0v) is 15.7. The molecule has 0 unspecified atom stereocenters. The van der Waals surface area contributed by atoms with Gasteiger partial charge in [0.15, 0.2) is 11.9 Å². The second kappa shape index (κ2) is 7.98. The first-order chi connectivity index (χ1) is 14.1. The molecule has 0 amide bonds. The van der Waals surface area contributed by atoms with Gasteiger partial charge in [0.1, 0.15) is 17.1 Å². The standard InChI is InChI=1S/C23H18N2O4/c1-15(21-24-19-13-7-5-11-17(19)22(26)25-21)28-23(27)18-12-6-8-14-20(18)29-16-9-3-2-4-10-16/h2-15H,1H3,(H,24,25,26)/t15-/m1/s1. The number of nitrogens with zero attached hydrogens (tertiary/aromatic N) is 1. The van der Waals surface area contributed by atoms with E-state index in [2.05, 4.69) is 9.97 Å². The topological polar surface area (TPSA) is 81.3 Å². The molecule has 144 valence electrons. The molecule has 0 aliphatic rings. The fraction of sp³-hybridized carbons (Fsp3) is 0.0870. The van der Waals surface area contributed by atoms with Crippen LogP contribution in [-0.2, 0) is 4.74 Å². The van der Waals surface area contributed by atoms with Crippen LogP contribution < -0.4 is 10.3 Å². The number of para-hydroxylation sites is 3. The summed E-state index contributed by atoms with van der Waals surface area (Å²) in [7, 11) is 0. The first-order valence-electron chi connectivity index (χ1n) is 9.13. The van der Waals surface area contributed by atoms with E-state index in [0.717, 1.165) is 0 Å². The van der Waals surface area contributed by atoms with Gasteiger partial charge in [-0.3, -0.25) is 4.79 Å². The van der Waals surface area contributed by atoms with Gasteiger partial charge in [0, 0.05) is 0 Å². The summed E-state index contributed by atoms with van der Waals surface area (Å²) in [6.07, 6.45) is -0.746. The molecular formula is C23H18N2O4. The molecule has 29 heavy (non-hydrogen) atoms. The molecule has 1 aromatic heterocycles. The Kier molecular flexibility index (Phi) is 5.07. The number of aromatic nitrogens is 2. The summed E-state index contributed by atoms with van der Waals surface area (Å²) in [6.45, 7) is 1.66. The molecule has 0 saturated carbocycles. The molecule has 3 aromatic carbocycles. The van der Waals surface area contributed by atoms with Crippen LogP contribution in [0.15, 0.2) is 83.7 Å². The van der Waals surface area contributed by atoms with Gasteiger partial charge >= 0.3 is 5.97 Å². The highest BCUT2D eigenvalue weighted by atomic mass is 16.5. The molecule has 1 N–H and O–H groups in total. The van der Waals surface area contributed by atoms with Gasteiger partial charge in [0.05, 0.1) is 10.9 Å². The molecule has 0 radical (unpaired) electrons. The Bertz CT molecular complexity index is 1220. The Balaban J connectivity index is 1.58. The maximum Gasteiger partial charge on any atom is 0.342 e. The molecule has 4 rings (SSSR count). The summed E-state index contributed by atoms with van der Waals surface area (Å²) in [5.41, 5.74) is 0.551. The molecule has 1 heterocycles. The number of hydrogen-bond acceptors (Lipinski definition) is 5. The lowest BCUT2D eigenvalue weighted by Crippen LogP contribution is -2.17. The van der Waals surface area contributed by atoms with Crippen LogP contribution in [0.5, 0.6) is 11.5 Å². The summed E-state index contributed by atoms with van der Waals surface area (Å²) in [4.78, 5) is 32.1. The van der Waals surface area contributed by atoms with E-state index in [-0.39, 0.29) is 16.9 Å². The van der Waals surface area contributed by atoms with Gasteiger partial charge < -0.3 is 14.5 Å². The molecule has 4 aromatic rings. The number of carbonyl (C=O) groups is 1. The van der Waals surface area contributed by atoms with Crippen molar-refractivity contribution in [2.24, 2.45) is 0 Å². The number of aromatic amines is 1. The maximum atomic E-state index is 12.8. The highest BCUT2D eigenvalue weighted by molar-refractivity contribution is 5.92. The average molecular weight is 386 g/mol. The van der Waals surface area contributed by atoms with E-state index in [9.17, 15) is 9.59 Å². The van der Waals surface area contributed by atoms with Crippen molar-refractivity contribution in [3.63, 3.8) is 0 Å². The van der Waals surface area contributed by atoms with Crippen LogP contribution in [0.3, 0.4) is 0 Å². The zero-order valence-electron chi connectivity index (χ0n) is 15.7. The Morgan fingerprint density at radius 3 is 2.45 bits per heavy atom. The van der Waals surface area contributed by atoms with Crippen molar-refractivity contribution in [2.45, 2.75) is 13.0 Å². The van der Waals surface area contributed by atoms with Crippen molar-refractivity contribution in [3.05, 3.63) is 101 Å². The molecule has 0 aliphatic heterocycles.